The lowest BCUT2D eigenvalue weighted by molar-refractivity contribution is 0.273. The summed E-state index contributed by atoms with van der Waals surface area (Å²) < 4.78 is 0. The lowest BCUT2D eigenvalue weighted by Gasteiger charge is -2.36. The van der Waals surface area contributed by atoms with Gasteiger partial charge in [0, 0.05) is 17.8 Å². The second-order valence-corrected chi connectivity index (χ2v) is 9.15. The third-order valence-corrected chi connectivity index (χ3v) is 6.82. The van der Waals surface area contributed by atoms with Crippen LogP contribution in [0.15, 0.2) is 34.3 Å². The lowest BCUT2D eigenvalue weighted by Crippen LogP contribution is -2.61. The molecule has 7 heteroatoms. The second kappa shape index (κ2) is 10.5. The van der Waals surface area contributed by atoms with Gasteiger partial charge in [0.25, 0.3) is 0 Å². The average Bonchev–Trinajstić information content (AvgIpc) is 3.06. The van der Waals surface area contributed by atoms with E-state index in [9.17, 15) is 0 Å². The molecule has 7 nitrogen and oxygen atoms in total. The van der Waals surface area contributed by atoms with Gasteiger partial charge in [-0.3, -0.25) is 25.8 Å². The highest BCUT2D eigenvalue weighted by atomic mass is 15.5. The molecule has 4 N–H and O–H groups in total. The number of nitrogens with two attached hydrogens (primary N) is 1. The van der Waals surface area contributed by atoms with Crippen molar-refractivity contribution >= 4 is 17.6 Å². The van der Waals surface area contributed by atoms with E-state index in [2.05, 4.69) is 53.6 Å². The molecule has 1 aromatic carbocycles. The summed E-state index contributed by atoms with van der Waals surface area (Å²) in [6, 6.07) is 9.35. The molecule has 2 aliphatic heterocycles. The molecule has 1 aliphatic carbocycles. The van der Waals surface area contributed by atoms with Gasteiger partial charge >= 0.3 is 0 Å². The number of aryl methyl sites for hydroxylation is 1. The van der Waals surface area contributed by atoms with Crippen LogP contribution in [0.3, 0.4) is 0 Å². The van der Waals surface area contributed by atoms with Crippen LogP contribution in [0.25, 0.3) is 0 Å². The molecule has 2 atom stereocenters. The van der Waals surface area contributed by atoms with Crippen LogP contribution in [-0.2, 0) is 0 Å². The Balaban J connectivity index is 1.56. The van der Waals surface area contributed by atoms with Gasteiger partial charge in [-0.25, -0.2) is 4.99 Å². The van der Waals surface area contributed by atoms with E-state index < -0.39 is 6.29 Å². The summed E-state index contributed by atoms with van der Waals surface area (Å²) in [5, 5.41) is 7.12. The van der Waals surface area contributed by atoms with E-state index >= 15 is 0 Å². The maximum Gasteiger partial charge on any atom is 0.208 e. The molecule has 0 aromatic heterocycles. The molecule has 31 heavy (non-hydrogen) atoms. The number of benzene rings is 1. The normalized spacial score (nSPS) is 27.1. The van der Waals surface area contributed by atoms with Gasteiger partial charge in [0.2, 0.25) is 11.9 Å². The predicted octanol–water partition coefficient (Wildman–Crippen LogP) is 3.16. The molecule has 3 aliphatic rings. The van der Waals surface area contributed by atoms with E-state index in [1.807, 2.05) is 4.90 Å². The number of likely N-dealkylation sites (N-methyl/N-ethyl adjacent to an activating group) is 1. The number of likely N-dealkylation sites (tertiary alicyclic amines) is 1. The van der Waals surface area contributed by atoms with Crippen molar-refractivity contribution in [3.63, 3.8) is 0 Å². The zero-order valence-electron chi connectivity index (χ0n) is 19.2. The fourth-order valence-electron chi connectivity index (χ4n) is 5.08. The molecule has 2 heterocycles. The van der Waals surface area contributed by atoms with Crippen LogP contribution in [0.5, 0.6) is 0 Å². The minimum Gasteiger partial charge on any atom is -0.353 e. The SMILES string of the molecule is CCN1CCCC1CN=C1NC(NC2CCCCCC2)=NC(N)N1c1cccc(C)c1. The van der Waals surface area contributed by atoms with Crippen LogP contribution in [0.2, 0.25) is 0 Å². The molecule has 0 spiro atoms. The minimum absolute atomic E-state index is 0.457. The quantitative estimate of drug-likeness (QED) is 0.632. The van der Waals surface area contributed by atoms with Gasteiger partial charge in [-0.1, -0.05) is 44.7 Å². The van der Waals surface area contributed by atoms with Gasteiger partial charge < -0.3 is 5.32 Å². The maximum absolute atomic E-state index is 6.58. The van der Waals surface area contributed by atoms with E-state index in [0.29, 0.717) is 12.1 Å². The Bertz CT molecular complexity index is 782. The molecule has 0 bridgehead atoms. The van der Waals surface area contributed by atoms with Gasteiger partial charge in [0.1, 0.15) is 0 Å². The van der Waals surface area contributed by atoms with E-state index in [-0.39, 0.29) is 0 Å². The van der Waals surface area contributed by atoms with Crippen molar-refractivity contribution in [2.24, 2.45) is 15.7 Å². The van der Waals surface area contributed by atoms with Gasteiger partial charge in [0.15, 0.2) is 6.29 Å². The molecule has 1 aromatic rings. The number of rotatable bonds is 5. The highest BCUT2D eigenvalue weighted by Gasteiger charge is 2.29. The molecule has 0 amide bonds. The number of nitrogens with one attached hydrogen (secondary N) is 2. The van der Waals surface area contributed by atoms with E-state index in [4.69, 9.17) is 15.7 Å². The number of anilines is 1. The minimum atomic E-state index is -0.499. The maximum atomic E-state index is 6.58. The molecule has 4 rings (SSSR count). The predicted molar refractivity (Wildman–Crippen MR) is 129 cm³/mol. The average molecular weight is 426 g/mol. The van der Waals surface area contributed by atoms with Gasteiger partial charge in [-0.15, -0.1) is 0 Å². The number of hydrogen-bond acceptors (Lipinski definition) is 5. The second-order valence-electron chi connectivity index (χ2n) is 9.15. The molecule has 1 saturated carbocycles. The summed E-state index contributed by atoms with van der Waals surface area (Å²) in [7, 11) is 0. The van der Waals surface area contributed by atoms with Crippen LogP contribution >= 0.6 is 0 Å². The summed E-state index contributed by atoms with van der Waals surface area (Å²) in [5.74, 6) is 1.56. The zero-order chi connectivity index (χ0) is 21.6. The van der Waals surface area contributed by atoms with Crippen molar-refractivity contribution in [3.05, 3.63) is 29.8 Å². The highest BCUT2D eigenvalue weighted by molar-refractivity contribution is 6.09. The monoisotopic (exact) mass is 425 g/mol. The van der Waals surface area contributed by atoms with Crippen LogP contribution in [0.4, 0.5) is 5.69 Å². The topological polar surface area (TPSA) is 81.3 Å². The van der Waals surface area contributed by atoms with Crippen molar-refractivity contribution in [3.8, 4) is 0 Å². The first-order valence-corrected chi connectivity index (χ1v) is 12.2. The summed E-state index contributed by atoms with van der Waals surface area (Å²) in [5.41, 5.74) is 8.80. The third kappa shape index (κ3) is 5.57. The van der Waals surface area contributed by atoms with E-state index in [0.717, 1.165) is 30.7 Å². The number of aliphatic imine (C=N–C) groups is 2. The van der Waals surface area contributed by atoms with Crippen molar-refractivity contribution in [2.75, 3.05) is 24.5 Å². The first-order chi connectivity index (χ1) is 15.1. The molecule has 0 radical (unpaired) electrons. The van der Waals surface area contributed by atoms with E-state index in [1.165, 1.54) is 63.5 Å². The fraction of sp³-hybridized carbons (Fsp3) is 0.667. The fourth-order valence-corrected chi connectivity index (χ4v) is 5.08. The number of nitrogens with zero attached hydrogens (tertiary/aromatic N) is 4. The van der Waals surface area contributed by atoms with E-state index in [1.54, 1.807) is 0 Å². The van der Waals surface area contributed by atoms with Gasteiger partial charge in [-0.05, 0) is 63.4 Å². The largest absolute Gasteiger partial charge is 0.353 e. The zero-order valence-corrected chi connectivity index (χ0v) is 19.2. The summed E-state index contributed by atoms with van der Waals surface area (Å²) in [4.78, 5) is 14.4. The molecular weight excluding hydrogens is 386 g/mol. The van der Waals surface area contributed by atoms with Crippen molar-refractivity contribution in [1.29, 1.82) is 0 Å². The van der Waals surface area contributed by atoms with Crippen molar-refractivity contribution in [2.45, 2.75) is 83.6 Å². The Morgan fingerprint density at radius 2 is 1.97 bits per heavy atom. The van der Waals surface area contributed by atoms with Crippen LogP contribution in [0.1, 0.15) is 63.9 Å². The molecule has 170 valence electrons. The summed E-state index contributed by atoms with van der Waals surface area (Å²) in [6.07, 6.45) is 9.58. The first-order valence-electron chi connectivity index (χ1n) is 12.2. The molecular formula is C24H39N7. The van der Waals surface area contributed by atoms with Gasteiger partial charge in [0.05, 0.1) is 6.54 Å². The van der Waals surface area contributed by atoms with Crippen molar-refractivity contribution < 1.29 is 0 Å². The van der Waals surface area contributed by atoms with Gasteiger partial charge in [-0.2, -0.15) is 0 Å². The number of guanidine groups is 2. The van der Waals surface area contributed by atoms with Crippen LogP contribution < -0.4 is 21.3 Å². The highest BCUT2D eigenvalue weighted by Crippen LogP contribution is 2.22. The summed E-state index contributed by atoms with van der Waals surface area (Å²) >= 11 is 0. The van der Waals surface area contributed by atoms with Crippen molar-refractivity contribution in [1.82, 2.24) is 15.5 Å². The Labute approximate surface area is 187 Å². The van der Waals surface area contributed by atoms with Crippen LogP contribution in [0, 0.1) is 6.92 Å². The van der Waals surface area contributed by atoms with Crippen LogP contribution in [-0.4, -0.2) is 54.8 Å². The Hall–Kier alpha value is -2.12. The molecule has 1 saturated heterocycles. The standard InChI is InChI=1S/C24H39N7/c1-3-30-15-9-14-21(30)17-26-24-29-23(27-19-11-6-4-5-7-12-19)28-22(25)31(24)20-13-8-10-18(2)16-20/h8,10,13,16,19,21-22H,3-7,9,11-12,14-15,17,25H2,1-2H3,(H2,26,27,28,29). The molecule has 2 fully saturated rings. The third-order valence-electron chi connectivity index (χ3n) is 6.82. The number of hydrogen-bond donors (Lipinski definition) is 3. The Morgan fingerprint density at radius 3 is 2.71 bits per heavy atom. The Kier molecular flexibility index (Phi) is 7.45. The first kappa shape index (κ1) is 22.1. The Morgan fingerprint density at radius 1 is 1.16 bits per heavy atom. The smallest absolute Gasteiger partial charge is 0.208 e. The summed E-state index contributed by atoms with van der Waals surface area (Å²) in [6.45, 7) is 7.38. The lowest BCUT2D eigenvalue weighted by atomic mass is 10.1. The molecule has 2 unspecified atom stereocenters.